The molecule has 0 saturated heterocycles. The number of aryl methyl sites for hydroxylation is 1. The fourth-order valence-electron chi connectivity index (χ4n) is 2.76. The van der Waals surface area contributed by atoms with Crippen molar-refractivity contribution in [3.05, 3.63) is 94.0 Å². The molecule has 0 unspecified atom stereocenters. The van der Waals surface area contributed by atoms with E-state index in [0.29, 0.717) is 18.1 Å². The van der Waals surface area contributed by atoms with Gasteiger partial charge in [-0.05, 0) is 60.0 Å². The first kappa shape index (κ1) is 20.7. The molecule has 3 aromatic rings. The molecule has 0 spiro atoms. The van der Waals surface area contributed by atoms with E-state index >= 15 is 0 Å². The zero-order valence-corrected chi connectivity index (χ0v) is 17.9. The SMILES string of the molecule is COc1cc(/C=C/C(=O)Nc2ccc(Br)cc2C)ccc1OCc1ccccc1. The summed E-state index contributed by atoms with van der Waals surface area (Å²) in [6.07, 6.45) is 3.24. The van der Waals surface area contributed by atoms with Gasteiger partial charge in [-0.2, -0.15) is 0 Å². The van der Waals surface area contributed by atoms with Crippen LogP contribution in [0, 0.1) is 6.92 Å². The van der Waals surface area contributed by atoms with Gasteiger partial charge in [-0.3, -0.25) is 4.79 Å². The Bertz CT molecular complexity index is 1020. The lowest BCUT2D eigenvalue weighted by Crippen LogP contribution is -2.08. The number of ether oxygens (including phenoxy) is 2. The minimum atomic E-state index is -0.196. The van der Waals surface area contributed by atoms with E-state index in [1.807, 2.05) is 73.7 Å². The van der Waals surface area contributed by atoms with Gasteiger partial charge in [-0.25, -0.2) is 0 Å². The molecular weight excluding hydrogens is 430 g/mol. The second-order valence-electron chi connectivity index (χ2n) is 6.47. The second-order valence-corrected chi connectivity index (χ2v) is 7.38. The number of carbonyl (C=O) groups excluding carboxylic acids is 1. The van der Waals surface area contributed by atoms with Crippen molar-refractivity contribution in [2.24, 2.45) is 0 Å². The van der Waals surface area contributed by atoms with Crippen LogP contribution in [0.25, 0.3) is 6.08 Å². The van der Waals surface area contributed by atoms with Gasteiger partial charge in [-0.15, -0.1) is 0 Å². The van der Waals surface area contributed by atoms with Crippen molar-refractivity contribution in [3.63, 3.8) is 0 Å². The number of carbonyl (C=O) groups is 1. The van der Waals surface area contributed by atoms with Gasteiger partial charge in [0.1, 0.15) is 6.61 Å². The van der Waals surface area contributed by atoms with Gasteiger partial charge in [0.05, 0.1) is 7.11 Å². The largest absolute Gasteiger partial charge is 0.493 e. The van der Waals surface area contributed by atoms with E-state index in [-0.39, 0.29) is 5.91 Å². The Morgan fingerprint density at radius 2 is 1.83 bits per heavy atom. The molecule has 148 valence electrons. The Morgan fingerprint density at radius 3 is 2.55 bits per heavy atom. The zero-order valence-electron chi connectivity index (χ0n) is 16.3. The fraction of sp³-hybridized carbons (Fsp3) is 0.125. The maximum absolute atomic E-state index is 12.2. The second kappa shape index (κ2) is 9.94. The van der Waals surface area contributed by atoms with Crippen LogP contribution in [-0.2, 0) is 11.4 Å². The number of benzene rings is 3. The number of methoxy groups -OCH3 is 1. The molecule has 1 N–H and O–H groups in total. The summed E-state index contributed by atoms with van der Waals surface area (Å²) in [6.45, 7) is 2.41. The van der Waals surface area contributed by atoms with E-state index in [1.54, 1.807) is 13.2 Å². The molecule has 3 rings (SSSR count). The third-order valence-electron chi connectivity index (χ3n) is 4.30. The number of amides is 1. The summed E-state index contributed by atoms with van der Waals surface area (Å²) in [4.78, 5) is 12.2. The lowest BCUT2D eigenvalue weighted by molar-refractivity contribution is -0.111. The molecule has 29 heavy (non-hydrogen) atoms. The smallest absolute Gasteiger partial charge is 0.248 e. The van der Waals surface area contributed by atoms with Crippen LogP contribution in [0.2, 0.25) is 0 Å². The molecule has 1 amide bonds. The number of hydrogen-bond donors (Lipinski definition) is 1. The first-order valence-electron chi connectivity index (χ1n) is 9.15. The summed E-state index contributed by atoms with van der Waals surface area (Å²) in [6, 6.07) is 21.2. The lowest BCUT2D eigenvalue weighted by atomic mass is 10.1. The Hall–Kier alpha value is -3.05. The van der Waals surface area contributed by atoms with E-state index in [9.17, 15) is 4.79 Å². The van der Waals surface area contributed by atoms with E-state index in [1.165, 1.54) is 6.08 Å². The third kappa shape index (κ3) is 5.96. The molecule has 4 nitrogen and oxygen atoms in total. The average Bonchev–Trinajstić information content (AvgIpc) is 2.73. The van der Waals surface area contributed by atoms with E-state index in [2.05, 4.69) is 21.2 Å². The molecule has 0 heterocycles. The first-order chi connectivity index (χ1) is 14.0. The number of anilines is 1. The molecule has 0 aliphatic heterocycles. The normalized spacial score (nSPS) is 10.7. The van der Waals surface area contributed by atoms with Crippen LogP contribution in [-0.4, -0.2) is 13.0 Å². The van der Waals surface area contributed by atoms with Crippen LogP contribution >= 0.6 is 15.9 Å². The standard InChI is InChI=1S/C24H22BrNO3/c1-17-14-20(25)10-11-21(17)26-24(27)13-9-18-8-12-22(23(15-18)28-2)29-16-19-6-4-3-5-7-19/h3-15H,16H2,1-2H3,(H,26,27)/b13-9+. The van der Waals surface area contributed by atoms with E-state index in [4.69, 9.17) is 9.47 Å². The van der Waals surface area contributed by atoms with Crippen molar-refractivity contribution < 1.29 is 14.3 Å². The van der Waals surface area contributed by atoms with Gasteiger partial charge in [0.15, 0.2) is 11.5 Å². The topological polar surface area (TPSA) is 47.6 Å². The summed E-state index contributed by atoms with van der Waals surface area (Å²) in [5.74, 6) is 1.08. The van der Waals surface area contributed by atoms with E-state index < -0.39 is 0 Å². The van der Waals surface area contributed by atoms with Crippen molar-refractivity contribution in [1.82, 2.24) is 0 Å². The molecule has 0 aliphatic rings. The Kier molecular flexibility index (Phi) is 7.09. The molecular formula is C24H22BrNO3. The monoisotopic (exact) mass is 451 g/mol. The van der Waals surface area contributed by atoms with Gasteiger partial charge in [0, 0.05) is 16.2 Å². The zero-order chi connectivity index (χ0) is 20.6. The highest BCUT2D eigenvalue weighted by Crippen LogP contribution is 2.29. The highest BCUT2D eigenvalue weighted by molar-refractivity contribution is 9.10. The molecule has 0 saturated carbocycles. The van der Waals surface area contributed by atoms with Crippen LogP contribution in [0.3, 0.4) is 0 Å². The number of hydrogen-bond acceptors (Lipinski definition) is 3. The molecule has 3 aromatic carbocycles. The van der Waals surface area contributed by atoms with Gasteiger partial charge in [0.25, 0.3) is 0 Å². The van der Waals surface area contributed by atoms with Crippen molar-refractivity contribution in [2.45, 2.75) is 13.5 Å². The van der Waals surface area contributed by atoms with Crippen molar-refractivity contribution in [1.29, 1.82) is 0 Å². The maximum atomic E-state index is 12.2. The Morgan fingerprint density at radius 1 is 1.03 bits per heavy atom. The molecule has 0 aliphatic carbocycles. The summed E-state index contributed by atoms with van der Waals surface area (Å²) < 4.78 is 12.3. The van der Waals surface area contributed by atoms with Crippen LogP contribution in [0.5, 0.6) is 11.5 Å². The van der Waals surface area contributed by atoms with Crippen molar-refractivity contribution in [2.75, 3.05) is 12.4 Å². The third-order valence-corrected chi connectivity index (χ3v) is 4.79. The van der Waals surface area contributed by atoms with Gasteiger partial charge in [-0.1, -0.05) is 52.3 Å². The van der Waals surface area contributed by atoms with E-state index in [0.717, 1.165) is 26.9 Å². The van der Waals surface area contributed by atoms with Crippen LogP contribution in [0.1, 0.15) is 16.7 Å². The molecule has 0 atom stereocenters. The average molecular weight is 452 g/mol. The summed E-state index contributed by atoms with van der Waals surface area (Å²) in [5, 5.41) is 2.88. The molecule has 0 fully saturated rings. The van der Waals surface area contributed by atoms with Gasteiger partial charge >= 0.3 is 0 Å². The lowest BCUT2D eigenvalue weighted by Gasteiger charge is -2.11. The summed E-state index contributed by atoms with van der Waals surface area (Å²) >= 11 is 3.42. The predicted molar refractivity (Wildman–Crippen MR) is 120 cm³/mol. The van der Waals surface area contributed by atoms with Crippen LogP contribution in [0.4, 0.5) is 5.69 Å². The van der Waals surface area contributed by atoms with Crippen LogP contribution < -0.4 is 14.8 Å². The summed E-state index contributed by atoms with van der Waals surface area (Å²) in [5.41, 5.74) is 3.70. The minimum Gasteiger partial charge on any atom is -0.493 e. The van der Waals surface area contributed by atoms with Crippen molar-refractivity contribution >= 4 is 33.6 Å². The fourth-order valence-corrected chi connectivity index (χ4v) is 3.23. The molecule has 0 aromatic heterocycles. The highest BCUT2D eigenvalue weighted by atomic mass is 79.9. The Labute approximate surface area is 179 Å². The summed E-state index contributed by atoms with van der Waals surface area (Å²) in [7, 11) is 1.60. The van der Waals surface area contributed by atoms with Crippen molar-refractivity contribution in [3.8, 4) is 11.5 Å². The molecule has 0 radical (unpaired) electrons. The number of nitrogens with one attached hydrogen (secondary N) is 1. The molecule has 0 bridgehead atoms. The maximum Gasteiger partial charge on any atom is 0.248 e. The number of rotatable bonds is 7. The minimum absolute atomic E-state index is 0.196. The van der Waals surface area contributed by atoms with Crippen LogP contribution in [0.15, 0.2) is 77.3 Å². The van der Waals surface area contributed by atoms with Gasteiger partial charge < -0.3 is 14.8 Å². The highest BCUT2D eigenvalue weighted by Gasteiger charge is 2.06. The number of halogens is 1. The predicted octanol–water partition coefficient (Wildman–Crippen LogP) is 6.00. The van der Waals surface area contributed by atoms with Gasteiger partial charge in [0.2, 0.25) is 5.91 Å². The first-order valence-corrected chi connectivity index (χ1v) is 9.94. The molecule has 5 heteroatoms. The quantitative estimate of drug-likeness (QED) is 0.448. The Balaban J connectivity index is 1.65.